The first-order valence-electron chi connectivity index (χ1n) is 7.35. The molecule has 1 rings (SSSR count). The zero-order chi connectivity index (χ0) is 14.5. The van der Waals surface area contributed by atoms with Crippen LogP contribution in [0.15, 0.2) is 0 Å². The summed E-state index contributed by atoms with van der Waals surface area (Å²) >= 11 is 0. The van der Waals surface area contributed by atoms with Gasteiger partial charge < -0.3 is 15.0 Å². The molecule has 1 fully saturated rings. The van der Waals surface area contributed by atoms with Gasteiger partial charge in [0.1, 0.15) is 6.04 Å². The Morgan fingerprint density at radius 1 is 1.42 bits per heavy atom. The average Bonchev–Trinajstić information content (AvgIpc) is 2.38. The molecule has 1 atom stereocenters. The van der Waals surface area contributed by atoms with Crippen molar-refractivity contribution in [2.45, 2.75) is 58.0 Å². The summed E-state index contributed by atoms with van der Waals surface area (Å²) in [4.78, 5) is 13.9. The minimum atomic E-state index is -0.188. The maximum Gasteiger partial charge on any atom is 0.322 e. The Balaban J connectivity index is 2.35. The summed E-state index contributed by atoms with van der Waals surface area (Å²) in [6.07, 6.45) is 5.94. The molecule has 0 aromatic rings. The molecule has 19 heavy (non-hydrogen) atoms. The van der Waals surface area contributed by atoms with Crippen LogP contribution in [-0.2, 0) is 9.53 Å². The predicted octanol–water partition coefficient (Wildman–Crippen LogP) is 2.04. The van der Waals surface area contributed by atoms with Crippen molar-refractivity contribution in [2.75, 3.05) is 27.7 Å². The van der Waals surface area contributed by atoms with E-state index in [1.165, 1.54) is 32.8 Å². The highest BCUT2D eigenvalue weighted by molar-refractivity contribution is 5.75. The smallest absolute Gasteiger partial charge is 0.322 e. The van der Waals surface area contributed by atoms with Gasteiger partial charge in [-0.3, -0.25) is 4.79 Å². The molecule has 4 nitrogen and oxygen atoms in total. The second-order valence-electron chi connectivity index (χ2n) is 6.53. The molecule has 0 spiro atoms. The number of nitrogens with one attached hydrogen (secondary N) is 1. The SMILES string of the molecule is CNC(CCN(C)C1CCC(C)(C)CC1)C(=O)OC. The van der Waals surface area contributed by atoms with Crippen LogP contribution in [-0.4, -0.2) is 50.7 Å². The molecule has 1 saturated carbocycles. The van der Waals surface area contributed by atoms with Crippen LogP contribution in [0.2, 0.25) is 0 Å². The predicted molar refractivity (Wildman–Crippen MR) is 78.1 cm³/mol. The van der Waals surface area contributed by atoms with Crippen molar-refractivity contribution < 1.29 is 9.53 Å². The first kappa shape index (κ1) is 16.4. The van der Waals surface area contributed by atoms with E-state index in [2.05, 4.69) is 31.1 Å². The summed E-state index contributed by atoms with van der Waals surface area (Å²) in [6.45, 7) is 5.65. The molecule has 0 bridgehead atoms. The molecule has 0 aliphatic heterocycles. The van der Waals surface area contributed by atoms with Crippen LogP contribution < -0.4 is 5.32 Å². The van der Waals surface area contributed by atoms with Crippen LogP contribution in [0.3, 0.4) is 0 Å². The van der Waals surface area contributed by atoms with Crippen LogP contribution in [0, 0.1) is 5.41 Å². The Morgan fingerprint density at radius 3 is 2.47 bits per heavy atom. The largest absolute Gasteiger partial charge is 0.468 e. The minimum absolute atomic E-state index is 0.166. The van der Waals surface area contributed by atoms with Crippen LogP contribution in [0.25, 0.3) is 0 Å². The van der Waals surface area contributed by atoms with Crippen LogP contribution in [0.1, 0.15) is 46.0 Å². The summed E-state index contributed by atoms with van der Waals surface area (Å²) in [7, 11) is 5.43. The molecule has 1 aliphatic carbocycles. The van der Waals surface area contributed by atoms with Crippen LogP contribution in [0.5, 0.6) is 0 Å². The third-order valence-corrected chi connectivity index (χ3v) is 4.54. The Kier molecular flexibility index (Phi) is 6.27. The monoisotopic (exact) mass is 270 g/mol. The second kappa shape index (κ2) is 7.25. The van der Waals surface area contributed by atoms with Crippen LogP contribution >= 0.6 is 0 Å². The fourth-order valence-corrected chi connectivity index (χ4v) is 2.86. The summed E-state index contributed by atoms with van der Waals surface area (Å²) in [6, 6.07) is 0.482. The van der Waals surface area contributed by atoms with Crippen molar-refractivity contribution in [3.8, 4) is 0 Å². The van der Waals surface area contributed by atoms with Crippen molar-refractivity contribution in [1.82, 2.24) is 10.2 Å². The van der Waals surface area contributed by atoms with Gasteiger partial charge in [-0.2, -0.15) is 0 Å². The Morgan fingerprint density at radius 2 is 2.00 bits per heavy atom. The van der Waals surface area contributed by atoms with Crippen molar-refractivity contribution in [2.24, 2.45) is 5.41 Å². The normalized spacial score (nSPS) is 21.4. The van der Waals surface area contributed by atoms with Gasteiger partial charge in [-0.25, -0.2) is 0 Å². The van der Waals surface area contributed by atoms with Gasteiger partial charge in [-0.1, -0.05) is 13.8 Å². The number of esters is 1. The molecule has 4 heteroatoms. The van der Waals surface area contributed by atoms with Gasteiger partial charge in [0.05, 0.1) is 7.11 Å². The van der Waals surface area contributed by atoms with Gasteiger partial charge in [0.15, 0.2) is 0 Å². The lowest BCUT2D eigenvalue weighted by Crippen LogP contribution is -2.42. The van der Waals surface area contributed by atoms with E-state index in [9.17, 15) is 4.79 Å². The number of nitrogens with zero attached hydrogens (tertiary/aromatic N) is 1. The molecule has 112 valence electrons. The number of hydrogen-bond donors (Lipinski definition) is 1. The van der Waals surface area contributed by atoms with Crippen LogP contribution in [0.4, 0.5) is 0 Å². The fraction of sp³-hybridized carbons (Fsp3) is 0.933. The molecule has 1 aliphatic rings. The average molecular weight is 270 g/mol. The van der Waals surface area contributed by atoms with E-state index in [1.54, 1.807) is 0 Å². The molecule has 0 aromatic carbocycles. The molecule has 1 unspecified atom stereocenters. The highest BCUT2D eigenvalue weighted by Gasteiger charge is 2.29. The van der Waals surface area contributed by atoms with E-state index in [1.807, 2.05) is 7.05 Å². The van der Waals surface area contributed by atoms with Gasteiger partial charge in [0.25, 0.3) is 0 Å². The van der Waals surface area contributed by atoms with Crippen molar-refractivity contribution in [3.05, 3.63) is 0 Å². The maximum absolute atomic E-state index is 11.5. The summed E-state index contributed by atoms with van der Waals surface area (Å²) < 4.78 is 4.79. The number of rotatable bonds is 6. The highest BCUT2D eigenvalue weighted by atomic mass is 16.5. The molecule has 0 amide bonds. The van der Waals surface area contributed by atoms with Crippen molar-refractivity contribution in [1.29, 1.82) is 0 Å². The number of carbonyl (C=O) groups excluding carboxylic acids is 1. The quantitative estimate of drug-likeness (QED) is 0.750. The lowest BCUT2D eigenvalue weighted by molar-refractivity contribution is -0.143. The summed E-state index contributed by atoms with van der Waals surface area (Å²) in [5, 5.41) is 3.02. The zero-order valence-corrected chi connectivity index (χ0v) is 13.2. The number of ether oxygens (including phenoxy) is 1. The number of carbonyl (C=O) groups is 1. The van der Waals surface area contributed by atoms with Gasteiger partial charge in [-0.15, -0.1) is 0 Å². The minimum Gasteiger partial charge on any atom is -0.468 e. The fourth-order valence-electron chi connectivity index (χ4n) is 2.86. The maximum atomic E-state index is 11.5. The number of methoxy groups -OCH3 is 1. The number of hydrogen-bond acceptors (Lipinski definition) is 4. The van der Waals surface area contributed by atoms with E-state index in [-0.39, 0.29) is 12.0 Å². The second-order valence-corrected chi connectivity index (χ2v) is 6.53. The standard InChI is InChI=1S/C15H30N2O2/c1-15(2)9-6-12(7-10-15)17(4)11-8-13(16-3)14(18)19-5/h12-13,16H,6-11H2,1-5H3. The third kappa shape index (κ3) is 5.11. The first-order valence-corrected chi connectivity index (χ1v) is 7.35. The van der Waals surface area contributed by atoms with Gasteiger partial charge in [0, 0.05) is 12.6 Å². The van der Waals surface area contributed by atoms with E-state index in [0.29, 0.717) is 11.5 Å². The Bertz CT molecular complexity index is 282. The first-order chi connectivity index (χ1) is 8.89. The molecule has 0 saturated heterocycles. The van der Waals surface area contributed by atoms with Crippen molar-refractivity contribution in [3.63, 3.8) is 0 Å². The molecule has 0 radical (unpaired) electrons. The molecule has 0 aromatic heterocycles. The lowest BCUT2D eigenvalue weighted by atomic mass is 9.75. The van der Waals surface area contributed by atoms with E-state index in [0.717, 1.165) is 13.0 Å². The Labute approximate surface area is 117 Å². The van der Waals surface area contributed by atoms with E-state index >= 15 is 0 Å². The Hall–Kier alpha value is -0.610. The molecular weight excluding hydrogens is 240 g/mol. The summed E-state index contributed by atoms with van der Waals surface area (Å²) in [5.74, 6) is -0.166. The molecule has 0 heterocycles. The van der Waals surface area contributed by atoms with E-state index in [4.69, 9.17) is 4.74 Å². The third-order valence-electron chi connectivity index (χ3n) is 4.54. The highest BCUT2D eigenvalue weighted by Crippen LogP contribution is 2.36. The molecule has 1 N–H and O–H groups in total. The summed E-state index contributed by atoms with van der Waals surface area (Å²) in [5.41, 5.74) is 0.511. The van der Waals surface area contributed by atoms with E-state index < -0.39 is 0 Å². The van der Waals surface area contributed by atoms with Crippen molar-refractivity contribution >= 4 is 5.97 Å². The molecular formula is C15H30N2O2. The van der Waals surface area contributed by atoms with Gasteiger partial charge in [0.2, 0.25) is 0 Å². The topological polar surface area (TPSA) is 41.6 Å². The van der Waals surface area contributed by atoms with Gasteiger partial charge in [-0.05, 0) is 51.6 Å². The van der Waals surface area contributed by atoms with Gasteiger partial charge >= 0.3 is 5.97 Å². The lowest BCUT2D eigenvalue weighted by Gasteiger charge is -2.38. The zero-order valence-electron chi connectivity index (χ0n) is 13.2. The number of likely N-dealkylation sites (N-methyl/N-ethyl adjacent to an activating group) is 1.